The summed E-state index contributed by atoms with van der Waals surface area (Å²) < 4.78 is 6.23. The van der Waals surface area contributed by atoms with Gasteiger partial charge < -0.3 is 4.74 Å². The number of rotatable bonds is 5. The van der Waals surface area contributed by atoms with Crippen molar-refractivity contribution in [3.63, 3.8) is 0 Å². The lowest BCUT2D eigenvalue weighted by atomic mass is 9.67. The number of benzene rings is 1. The second-order valence-electron chi connectivity index (χ2n) is 6.67. The summed E-state index contributed by atoms with van der Waals surface area (Å²) in [7, 11) is 0. The molecule has 1 fully saturated rings. The molecule has 0 amide bonds. The topological polar surface area (TPSA) is 47.3 Å². The van der Waals surface area contributed by atoms with Gasteiger partial charge in [0.05, 0.1) is 11.6 Å². The Kier molecular flexibility index (Phi) is 4.84. The lowest BCUT2D eigenvalue weighted by Gasteiger charge is -2.47. The fourth-order valence-corrected chi connectivity index (χ4v) is 3.35. The molecule has 20 heavy (non-hydrogen) atoms. The third kappa shape index (κ3) is 3.22. The number of nitrogens with one attached hydrogen (secondary N) is 1. The standard InChI is InChI=1S/C17H28N2O/c1-4-20-17(12-10-16(2,3)11-13-17)15(19-18)14-8-6-5-7-9-14/h5-9,15,19H,4,10-13,18H2,1-3H3. The van der Waals surface area contributed by atoms with Crippen molar-refractivity contribution < 1.29 is 4.74 Å². The summed E-state index contributed by atoms with van der Waals surface area (Å²) in [5.74, 6) is 5.89. The molecule has 0 aromatic heterocycles. The largest absolute Gasteiger partial charge is 0.373 e. The van der Waals surface area contributed by atoms with Crippen molar-refractivity contribution in [2.75, 3.05) is 6.61 Å². The second-order valence-corrected chi connectivity index (χ2v) is 6.67. The van der Waals surface area contributed by atoms with Crippen LogP contribution in [0, 0.1) is 5.41 Å². The summed E-state index contributed by atoms with van der Waals surface area (Å²) >= 11 is 0. The second kappa shape index (κ2) is 6.25. The third-order valence-electron chi connectivity index (χ3n) is 4.71. The van der Waals surface area contributed by atoms with Crippen LogP contribution in [0.5, 0.6) is 0 Å². The Labute approximate surface area is 122 Å². The molecule has 112 valence electrons. The van der Waals surface area contributed by atoms with Gasteiger partial charge in [0.1, 0.15) is 0 Å². The Morgan fingerprint density at radius 1 is 1.15 bits per heavy atom. The van der Waals surface area contributed by atoms with Crippen LogP contribution in [0.3, 0.4) is 0 Å². The van der Waals surface area contributed by atoms with Crippen LogP contribution >= 0.6 is 0 Å². The van der Waals surface area contributed by atoms with Gasteiger partial charge in [-0.05, 0) is 43.6 Å². The van der Waals surface area contributed by atoms with Crippen LogP contribution in [0.1, 0.15) is 58.1 Å². The molecule has 1 aromatic carbocycles. The maximum Gasteiger partial charge on any atom is 0.0889 e. The summed E-state index contributed by atoms with van der Waals surface area (Å²) in [4.78, 5) is 0. The highest BCUT2D eigenvalue weighted by molar-refractivity contribution is 5.23. The summed E-state index contributed by atoms with van der Waals surface area (Å²) in [6, 6.07) is 10.5. The zero-order valence-electron chi connectivity index (χ0n) is 13.0. The van der Waals surface area contributed by atoms with Crippen molar-refractivity contribution in [2.24, 2.45) is 11.3 Å². The Morgan fingerprint density at radius 2 is 1.75 bits per heavy atom. The smallest absolute Gasteiger partial charge is 0.0889 e. The average Bonchev–Trinajstić information content (AvgIpc) is 2.44. The highest BCUT2D eigenvalue weighted by Gasteiger charge is 2.45. The van der Waals surface area contributed by atoms with Crippen molar-refractivity contribution in [3.05, 3.63) is 35.9 Å². The molecule has 0 radical (unpaired) electrons. The van der Waals surface area contributed by atoms with Crippen LogP contribution in [0.15, 0.2) is 30.3 Å². The molecule has 0 saturated heterocycles. The maximum absolute atomic E-state index is 6.23. The molecule has 1 unspecified atom stereocenters. The predicted octanol–water partition coefficient (Wildman–Crippen LogP) is 3.57. The summed E-state index contributed by atoms with van der Waals surface area (Å²) in [6.45, 7) is 7.48. The van der Waals surface area contributed by atoms with Gasteiger partial charge in [-0.3, -0.25) is 11.3 Å². The van der Waals surface area contributed by atoms with E-state index in [1.807, 2.05) is 6.07 Å². The Hall–Kier alpha value is -0.900. The van der Waals surface area contributed by atoms with Gasteiger partial charge in [0.25, 0.3) is 0 Å². The first kappa shape index (κ1) is 15.5. The minimum absolute atomic E-state index is 0.0553. The van der Waals surface area contributed by atoms with E-state index in [9.17, 15) is 0 Å². The van der Waals surface area contributed by atoms with E-state index in [0.29, 0.717) is 5.41 Å². The molecule has 1 saturated carbocycles. The van der Waals surface area contributed by atoms with Gasteiger partial charge >= 0.3 is 0 Å². The van der Waals surface area contributed by atoms with Gasteiger partial charge in [0, 0.05) is 6.61 Å². The van der Waals surface area contributed by atoms with E-state index in [-0.39, 0.29) is 11.6 Å². The van der Waals surface area contributed by atoms with Crippen LogP contribution in [0.4, 0.5) is 0 Å². The third-order valence-corrected chi connectivity index (χ3v) is 4.71. The molecular weight excluding hydrogens is 248 g/mol. The lowest BCUT2D eigenvalue weighted by Crippen LogP contribution is -2.51. The molecule has 0 aliphatic heterocycles. The Bertz CT molecular complexity index is 406. The predicted molar refractivity (Wildman–Crippen MR) is 83.1 cm³/mol. The van der Waals surface area contributed by atoms with E-state index >= 15 is 0 Å². The first-order valence-corrected chi connectivity index (χ1v) is 7.68. The van der Waals surface area contributed by atoms with Crippen LogP contribution < -0.4 is 11.3 Å². The van der Waals surface area contributed by atoms with Crippen molar-refractivity contribution in [2.45, 2.75) is 58.1 Å². The van der Waals surface area contributed by atoms with Gasteiger partial charge in [-0.15, -0.1) is 0 Å². The summed E-state index contributed by atoms with van der Waals surface area (Å²) in [5.41, 5.74) is 4.46. The fourth-order valence-electron chi connectivity index (χ4n) is 3.35. The molecular formula is C17H28N2O. The van der Waals surface area contributed by atoms with Crippen molar-refractivity contribution in [1.82, 2.24) is 5.43 Å². The van der Waals surface area contributed by atoms with E-state index in [4.69, 9.17) is 10.6 Å². The lowest BCUT2D eigenvalue weighted by molar-refractivity contribution is -0.108. The molecule has 0 spiro atoms. The highest BCUT2D eigenvalue weighted by atomic mass is 16.5. The van der Waals surface area contributed by atoms with Crippen molar-refractivity contribution in [3.8, 4) is 0 Å². The van der Waals surface area contributed by atoms with Crippen LogP contribution in [0.2, 0.25) is 0 Å². The molecule has 0 bridgehead atoms. The fraction of sp³-hybridized carbons (Fsp3) is 0.647. The Balaban J connectivity index is 2.27. The monoisotopic (exact) mass is 276 g/mol. The summed E-state index contributed by atoms with van der Waals surface area (Å²) in [5, 5.41) is 0. The molecule has 1 aliphatic rings. The van der Waals surface area contributed by atoms with E-state index < -0.39 is 0 Å². The normalized spacial score (nSPS) is 22.4. The quantitative estimate of drug-likeness (QED) is 0.638. The molecule has 3 nitrogen and oxygen atoms in total. The minimum atomic E-state index is -0.180. The van der Waals surface area contributed by atoms with Crippen LogP contribution in [0.25, 0.3) is 0 Å². The van der Waals surface area contributed by atoms with E-state index in [1.165, 1.54) is 18.4 Å². The first-order valence-electron chi connectivity index (χ1n) is 7.68. The summed E-state index contributed by atoms with van der Waals surface area (Å²) in [6.07, 6.45) is 4.46. The zero-order chi connectivity index (χ0) is 14.6. The number of nitrogens with two attached hydrogens (primary N) is 1. The molecule has 0 heterocycles. The van der Waals surface area contributed by atoms with Gasteiger partial charge in [0.15, 0.2) is 0 Å². The van der Waals surface area contributed by atoms with Gasteiger partial charge in [0.2, 0.25) is 0 Å². The van der Waals surface area contributed by atoms with Gasteiger partial charge in [-0.1, -0.05) is 44.2 Å². The average molecular weight is 276 g/mol. The molecule has 2 rings (SSSR count). The van der Waals surface area contributed by atoms with Crippen LogP contribution in [-0.2, 0) is 4.74 Å². The highest BCUT2D eigenvalue weighted by Crippen LogP contribution is 2.47. The molecule has 1 atom stereocenters. The molecule has 3 N–H and O–H groups in total. The number of hydrazine groups is 1. The van der Waals surface area contributed by atoms with Gasteiger partial charge in [-0.2, -0.15) is 0 Å². The first-order chi connectivity index (χ1) is 9.53. The van der Waals surface area contributed by atoms with Crippen molar-refractivity contribution in [1.29, 1.82) is 0 Å². The Morgan fingerprint density at radius 3 is 2.25 bits per heavy atom. The molecule has 1 aromatic rings. The number of hydrogen-bond acceptors (Lipinski definition) is 3. The van der Waals surface area contributed by atoms with Crippen molar-refractivity contribution >= 4 is 0 Å². The zero-order valence-corrected chi connectivity index (χ0v) is 13.0. The number of hydrogen-bond donors (Lipinski definition) is 2. The van der Waals surface area contributed by atoms with E-state index in [1.54, 1.807) is 0 Å². The minimum Gasteiger partial charge on any atom is -0.373 e. The number of ether oxygens (including phenoxy) is 1. The molecule has 3 heteroatoms. The van der Waals surface area contributed by atoms with Gasteiger partial charge in [-0.25, -0.2) is 0 Å². The van der Waals surface area contributed by atoms with E-state index in [0.717, 1.165) is 19.4 Å². The molecule has 1 aliphatic carbocycles. The SMILES string of the molecule is CCOC1(C(NN)c2ccccc2)CCC(C)(C)CC1. The maximum atomic E-state index is 6.23. The van der Waals surface area contributed by atoms with Crippen LogP contribution in [-0.4, -0.2) is 12.2 Å². The van der Waals surface area contributed by atoms with E-state index in [2.05, 4.69) is 50.5 Å².